The molecule has 7 heteroatoms. The third-order valence-corrected chi connectivity index (χ3v) is 5.87. The monoisotopic (exact) mass is 326 g/mol. The molecule has 0 aliphatic carbocycles. The van der Waals surface area contributed by atoms with E-state index in [2.05, 4.69) is 4.98 Å². The number of thiazole rings is 1. The van der Waals surface area contributed by atoms with Crippen molar-refractivity contribution in [2.45, 2.75) is 18.6 Å². The molecule has 1 aromatic heterocycles. The van der Waals surface area contributed by atoms with Crippen LogP contribution in [0.3, 0.4) is 0 Å². The summed E-state index contributed by atoms with van der Waals surface area (Å²) in [5, 5.41) is 0.607. The van der Waals surface area contributed by atoms with Crippen LogP contribution in [0.1, 0.15) is 17.8 Å². The van der Waals surface area contributed by atoms with Gasteiger partial charge in [0.25, 0.3) is 0 Å². The van der Waals surface area contributed by atoms with Gasteiger partial charge in [-0.2, -0.15) is 0 Å². The summed E-state index contributed by atoms with van der Waals surface area (Å²) in [6.07, 6.45) is 0.607. The molecule has 0 aliphatic rings. The lowest BCUT2D eigenvalue weighted by atomic mass is 10.3. The van der Waals surface area contributed by atoms with E-state index >= 15 is 0 Å². The van der Waals surface area contributed by atoms with Crippen LogP contribution in [-0.2, 0) is 20.4 Å². The molecule has 0 fully saturated rings. The number of hydrogen-bond donors (Lipinski definition) is 0. The molecule has 0 bridgehead atoms. The summed E-state index contributed by atoms with van der Waals surface area (Å²) in [6.45, 7) is 0. The van der Waals surface area contributed by atoms with Crippen LogP contribution in [0.2, 0.25) is 0 Å². The number of benzene rings is 1. The van der Waals surface area contributed by atoms with Gasteiger partial charge in [-0.15, -0.1) is 11.3 Å². The van der Waals surface area contributed by atoms with Crippen molar-refractivity contribution in [1.82, 2.24) is 9.88 Å². The second-order valence-electron chi connectivity index (χ2n) is 5.06. The van der Waals surface area contributed by atoms with Gasteiger partial charge in [0, 0.05) is 20.5 Å². The molecule has 2 aromatic rings. The lowest BCUT2D eigenvalue weighted by molar-refractivity contribution is -0.128. The van der Waals surface area contributed by atoms with Crippen LogP contribution in [0, 0.1) is 0 Å². The van der Waals surface area contributed by atoms with E-state index in [1.54, 1.807) is 14.1 Å². The fraction of sp³-hybridized carbons (Fsp3) is 0.429. The van der Waals surface area contributed by atoms with Crippen molar-refractivity contribution in [3.8, 4) is 0 Å². The first-order valence-electron chi connectivity index (χ1n) is 6.62. The standard InChI is InChI=1S/C14H18N2O3S2/c1-16(2)14(17)8-5-9-21(18,19)10-13-15-11-6-3-4-7-12(11)20-13/h3-4,6-7H,5,8-10H2,1-2H3. The number of nitrogens with zero attached hydrogens (tertiary/aromatic N) is 2. The number of carbonyl (C=O) groups is 1. The van der Waals surface area contributed by atoms with Crippen molar-refractivity contribution >= 4 is 37.3 Å². The molecule has 0 atom stereocenters. The average Bonchev–Trinajstić information content (AvgIpc) is 2.79. The van der Waals surface area contributed by atoms with Crippen LogP contribution >= 0.6 is 11.3 Å². The van der Waals surface area contributed by atoms with E-state index in [1.165, 1.54) is 16.2 Å². The maximum Gasteiger partial charge on any atom is 0.222 e. The number of fused-ring (bicyclic) bond motifs is 1. The minimum absolute atomic E-state index is 0.0164. The van der Waals surface area contributed by atoms with Gasteiger partial charge in [-0.3, -0.25) is 4.79 Å². The highest BCUT2D eigenvalue weighted by Crippen LogP contribution is 2.23. The minimum Gasteiger partial charge on any atom is -0.349 e. The first kappa shape index (κ1) is 15.9. The Morgan fingerprint density at radius 3 is 2.67 bits per heavy atom. The molecule has 0 unspecified atom stereocenters. The van der Waals surface area contributed by atoms with Crippen LogP contribution in [0.15, 0.2) is 24.3 Å². The zero-order valence-electron chi connectivity index (χ0n) is 12.1. The SMILES string of the molecule is CN(C)C(=O)CCCS(=O)(=O)Cc1nc2ccccc2s1. The highest BCUT2D eigenvalue weighted by molar-refractivity contribution is 7.90. The van der Waals surface area contributed by atoms with E-state index in [0.29, 0.717) is 11.4 Å². The van der Waals surface area contributed by atoms with Crippen LogP contribution in [0.4, 0.5) is 0 Å². The molecule has 1 heterocycles. The van der Waals surface area contributed by atoms with Gasteiger partial charge >= 0.3 is 0 Å². The van der Waals surface area contributed by atoms with E-state index in [9.17, 15) is 13.2 Å². The number of sulfone groups is 1. The smallest absolute Gasteiger partial charge is 0.222 e. The molecular weight excluding hydrogens is 308 g/mol. The van der Waals surface area contributed by atoms with Gasteiger partial charge in [0.15, 0.2) is 9.84 Å². The average molecular weight is 326 g/mol. The van der Waals surface area contributed by atoms with Gasteiger partial charge < -0.3 is 4.90 Å². The van der Waals surface area contributed by atoms with Crippen LogP contribution in [-0.4, -0.2) is 44.1 Å². The molecule has 114 valence electrons. The van der Waals surface area contributed by atoms with Gasteiger partial charge in [0.05, 0.1) is 16.0 Å². The Morgan fingerprint density at radius 1 is 1.29 bits per heavy atom. The summed E-state index contributed by atoms with van der Waals surface area (Å²) >= 11 is 1.40. The normalized spacial score (nSPS) is 11.7. The number of aromatic nitrogens is 1. The zero-order chi connectivity index (χ0) is 15.5. The third-order valence-electron chi connectivity index (χ3n) is 3.03. The Hall–Kier alpha value is -1.47. The molecule has 1 aromatic carbocycles. The topological polar surface area (TPSA) is 67.3 Å². The molecule has 0 saturated heterocycles. The van der Waals surface area contributed by atoms with Crippen molar-refractivity contribution in [1.29, 1.82) is 0 Å². The Kier molecular flexibility index (Phi) is 4.95. The van der Waals surface area contributed by atoms with Crippen molar-refractivity contribution in [2.75, 3.05) is 19.8 Å². The summed E-state index contributed by atoms with van der Waals surface area (Å²) in [7, 11) is 0.103. The summed E-state index contributed by atoms with van der Waals surface area (Å²) in [6, 6.07) is 7.59. The van der Waals surface area contributed by atoms with E-state index in [0.717, 1.165) is 10.2 Å². The van der Waals surface area contributed by atoms with Gasteiger partial charge in [0.2, 0.25) is 5.91 Å². The lowest BCUT2D eigenvalue weighted by Gasteiger charge is -2.09. The maximum absolute atomic E-state index is 12.1. The molecule has 1 amide bonds. The number of carbonyl (C=O) groups excluding carboxylic acids is 1. The largest absolute Gasteiger partial charge is 0.349 e. The third kappa shape index (κ3) is 4.50. The predicted octanol–water partition coefficient (Wildman–Crippen LogP) is 2.08. The van der Waals surface area contributed by atoms with E-state index in [-0.39, 0.29) is 23.8 Å². The molecule has 21 heavy (non-hydrogen) atoms. The molecular formula is C14H18N2O3S2. The predicted molar refractivity (Wildman–Crippen MR) is 85.0 cm³/mol. The number of rotatable bonds is 6. The van der Waals surface area contributed by atoms with Crippen molar-refractivity contribution in [3.63, 3.8) is 0 Å². The van der Waals surface area contributed by atoms with Crippen LogP contribution in [0.5, 0.6) is 0 Å². The summed E-state index contributed by atoms with van der Waals surface area (Å²) < 4.78 is 25.1. The summed E-state index contributed by atoms with van der Waals surface area (Å²) in [4.78, 5) is 17.2. The Bertz CT molecular complexity index is 703. The van der Waals surface area contributed by atoms with Crippen molar-refractivity contribution in [2.24, 2.45) is 0 Å². The quantitative estimate of drug-likeness (QED) is 0.815. The Balaban J connectivity index is 1.96. The first-order valence-corrected chi connectivity index (χ1v) is 9.26. The number of para-hydroxylation sites is 1. The summed E-state index contributed by atoms with van der Waals surface area (Å²) in [5.74, 6) is -0.0875. The van der Waals surface area contributed by atoms with E-state index in [1.807, 2.05) is 24.3 Å². The molecule has 5 nitrogen and oxygen atoms in total. The minimum atomic E-state index is -3.23. The van der Waals surface area contributed by atoms with Gasteiger partial charge in [-0.05, 0) is 18.6 Å². The number of amides is 1. The molecule has 0 saturated carbocycles. The van der Waals surface area contributed by atoms with E-state index in [4.69, 9.17) is 0 Å². The van der Waals surface area contributed by atoms with Crippen molar-refractivity contribution < 1.29 is 13.2 Å². The lowest BCUT2D eigenvalue weighted by Crippen LogP contribution is -2.22. The molecule has 0 aliphatic heterocycles. The molecule has 0 spiro atoms. The first-order chi connectivity index (χ1) is 9.87. The van der Waals surface area contributed by atoms with Gasteiger partial charge in [0.1, 0.15) is 10.8 Å². The van der Waals surface area contributed by atoms with Crippen LogP contribution < -0.4 is 0 Å². The highest BCUT2D eigenvalue weighted by Gasteiger charge is 2.16. The fourth-order valence-electron chi connectivity index (χ4n) is 1.91. The van der Waals surface area contributed by atoms with Crippen molar-refractivity contribution in [3.05, 3.63) is 29.3 Å². The fourth-order valence-corrected chi connectivity index (χ4v) is 4.62. The second kappa shape index (κ2) is 6.53. The van der Waals surface area contributed by atoms with Crippen LogP contribution in [0.25, 0.3) is 10.2 Å². The van der Waals surface area contributed by atoms with E-state index < -0.39 is 9.84 Å². The molecule has 0 N–H and O–H groups in total. The maximum atomic E-state index is 12.1. The zero-order valence-corrected chi connectivity index (χ0v) is 13.7. The van der Waals surface area contributed by atoms with Gasteiger partial charge in [-0.1, -0.05) is 12.1 Å². The van der Waals surface area contributed by atoms with Gasteiger partial charge in [-0.25, -0.2) is 13.4 Å². The summed E-state index contributed by atoms with van der Waals surface area (Å²) in [5.41, 5.74) is 0.829. The molecule has 2 rings (SSSR count). The highest BCUT2D eigenvalue weighted by atomic mass is 32.2. The second-order valence-corrected chi connectivity index (χ2v) is 8.36. The number of hydrogen-bond acceptors (Lipinski definition) is 5. The Labute approximate surface area is 128 Å². The molecule has 0 radical (unpaired) electrons. The Morgan fingerprint density at radius 2 is 2.00 bits per heavy atom.